The molecule has 0 unspecified atom stereocenters. The van der Waals surface area contributed by atoms with Crippen molar-refractivity contribution in [3.05, 3.63) is 125 Å². The molecule has 0 bridgehead atoms. The second-order valence-electron chi connectivity index (χ2n) is 10.3. The summed E-state index contributed by atoms with van der Waals surface area (Å²) in [7, 11) is 0. The van der Waals surface area contributed by atoms with E-state index in [0.29, 0.717) is 0 Å². The predicted octanol–water partition coefficient (Wildman–Crippen LogP) is 10.9. The lowest BCUT2D eigenvalue weighted by molar-refractivity contribution is 1.31. The van der Waals surface area contributed by atoms with Gasteiger partial charge in [-0.2, -0.15) is 0 Å². The average Bonchev–Trinajstić information content (AvgIpc) is 2.94. The van der Waals surface area contributed by atoms with Crippen LogP contribution in [0.3, 0.4) is 0 Å². The smallest absolute Gasteiger partial charge is 0.0151 e. The highest BCUT2D eigenvalue weighted by Crippen LogP contribution is 2.44. The molecule has 0 saturated carbocycles. The van der Waals surface area contributed by atoms with Crippen LogP contribution in [0.1, 0.15) is 22.3 Å². The van der Waals surface area contributed by atoms with E-state index < -0.39 is 0 Å². The van der Waals surface area contributed by atoms with Gasteiger partial charge in [0.15, 0.2) is 0 Å². The maximum absolute atomic E-state index is 2.34. The van der Waals surface area contributed by atoms with Gasteiger partial charge in [0.25, 0.3) is 0 Å². The standard InChI is InChI=1S/C37H32S/c1-23-15-19-32(36-24(2)14-16-28-11-8-9-13-33(28)36)25(3)35(23)31-20-21-34(38-5)37(26(31)4)30-18-17-27-10-6-7-12-29(27)22-30/h6-22H,1-5H3. The average molecular weight is 509 g/mol. The van der Waals surface area contributed by atoms with E-state index in [-0.39, 0.29) is 0 Å². The Morgan fingerprint density at radius 1 is 0.474 bits per heavy atom. The summed E-state index contributed by atoms with van der Waals surface area (Å²) >= 11 is 1.83. The highest BCUT2D eigenvalue weighted by Gasteiger charge is 2.19. The lowest BCUT2D eigenvalue weighted by Crippen LogP contribution is -1.98. The van der Waals surface area contributed by atoms with Crippen molar-refractivity contribution in [2.24, 2.45) is 0 Å². The fourth-order valence-corrected chi connectivity index (χ4v) is 6.78. The molecular weight excluding hydrogens is 476 g/mol. The first-order chi connectivity index (χ1) is 18.5. The molecule has 0 nitrogen and oxygen atoms in total. The van der Waals surface area contributed by atoms with E-state index in [1.165, 1.54) is 82.1 Å². The van der Waals surface area contributed by atoms with Crippen molar-refractivity contribution in [1.29, 1.82) is 0 Å². The Hall–Kier alpha value is -3.81. The third-order valence-corrected chi connectivity index (χ3v) is 8.81. The molecule has 0 spiro atoms. The fourth-order valence-electron chi connectivity index (χ4n) is 6.10. The number of thioether (sulfide) groups is 1. The molecule has 0 radical (unpaired) electrons. The van der Waals surface area contributed by atoms with Crippen LogP contribution in [0.25, 0.3) is 54.9 Å². The van der Waals surface area contributed by atoms with E-state index in [0.717, 1.165) is 0 Å². The number of benzene rings is 6. The van der Waals surface area contributed by atoms with Gasteiger partial charge in [-0.3, -0.25) is 0 Å². The summed E-state index contributed by atoms with van der Waals surface area (Å²) in [5.41, 5.74) is 13.3. The first kappa shape index (κ1) is 24.5. The summed E-state index contributed by atoms with van der Waals surface area (Å²) in [4.78, 5) is 1.32. The Balaban J connectivity index is 1.60. The molecule has 1 heteroatoms. The molecular formula is C37H32S. The molecule has 0 aliphatic carbocycles. The van der Waals surface area contributed by atoms with Gasteiger partial charge in [-0.15, -0.1) is 11.8 Å². The lowest BCUT2D eigenvalue weighted by Gasteiger charge is -2.22. The summed E-state index contributed by atoms with van der Waals surface area (Å²) in [6, 6.07) is 38.0. The maximum atomic E-state index is 2.34. The largest absolute Gasteiger partial charge is 0.129 e. The van der Waals surface area contributed by atoms with Crippen LogP contribution in [-0.2, 0) is 0 Å². The minimum atomic E-state index is 1.28. The number of aryl methyl sites for hydroxylation is 2. The molecule has 0 saturated heterocycles. The Labute approximate surface area is 230 Å². The van der Waals surface area contributed by atoms with Crippen molar-refractivity contribution in [2.45, 2.75) is 32.6 Å². The molecule has 0 atom stereocenters. The second kappa shape index (κ2) is 9.82. The zero-order chi connectivity index (χ0) is 26.4. The first-order valence-corrected chi connectivity index (χ1v) is 14.5. The van der Waals surface area contributed by atoms with Crippen molar-refractivity contribution in [3.8, 4) is 33.4 Å². The summed E-state index contributed by atoms with van der Waals surface area (Å²) in [5.74, 6) is 0. The molecule has 0 N–H and O–H groups in total. The third-order valence-electron chi connectivity index (χ3n) is 8.03. The van der Waals surface area contributed by atoms with E-state index >= 15 is 0 Å². The van der Waals surface area contributed by atoms with Crippen molar-refractivity contribution < 1.29 is 0 Å². The Kier molecular flexibility index (Phi) is 6.33. The zero-order valence-corrected chi connectivity index (χ0v) is 23.5. The van der Waals surface area contributed by atoms with Gasteiger partial charge in [0.2, 0.25) is 0 Å². The van der Waals surface area contributed by atoms with E-state index in [1.807, 2.05) is 11.8 Å². The lowest BCUT2D eigenvalue weighted by atomic mass is 9.83. The maximum Gasteiger partial charge on any atom is 0.0151 e. The van der Waals surface area contributed by atoms with Crippen molar-refractivity contribution >= 4 is 33.3 Å². The summed E-state index contributed by atoms with van der Waals surface area (Å²) < 4.78 is 0. The van der Waals surface area contributed by atoms with Crippen LogP contribution in [0.15, 0.2) is 108 Å². The summed E-state index contributed by atoms with van der Waals surface area (Å²) in [5, 5.41) is 5.16. The third kappa shape index (κ3) is 4.03. The van der Waals surface area contributed by atoms with Crippen LogP contribution in [-0.4, -0.2) is 6.26 Å². The van der Waals surface area contributed by atoms with Gasteiger partial charge in [0, 0.05) is 4.90 Å². The molecule has 6 aromatic carbocycles. The number of hydrogen-bond donors (Lipinski definition) is 0. The van der Waals surface area contributed by atoms with Gasteiger partial charge in [-0.05, 0) is 123 Å². The van der Waals surface area contributed by atoms with E-state index in [9.17, 15) is 0 Å². The van der Waals surface area contributed by atoms with E-state index in [1.54, 1.807) is 0 Å². The van der Waals surface area contributed by atoms with Crippen LogP contribution < -0.4 is 0 Å². The van der Waals surface area contributed by atoms with Crippen LogP contribution in [0.4, 0.5) is 0 Å². The first-order valence-electron chi connectivity index (χ1n) is 13.2. The van der Waals surface area contributed by atoms with Crippen LogP contribution in [0.2, 0.25) is 0 Å². The number of fused-ring (bicyclic) bond motifs is 2. The Bertz CT molecular complexity index is 1840. The van der Waals surface area contributed by atoms with Crippen LogP contribution in [0, 0.1) is 27.7 Å². The summed E-state index contributed by atoms with van der Waals surface area (Å²) in [6.07, 6.45) is 2.18. The molecule has 6 aromatic rings. The van der Waals surface area contributed by atoms with E-state index in [4.69, 9.17) is 0 Å². The van der Waals surface area contributed by atoms with Gasteiger partial charge in [0.1, 0.15) is 0 Å². The summed E-state index contributed by atoms with van der Waals surface area (Å²) in [6.45, 7) is 9.08. The Morgan fingerprint density at radius 3 is 1.84 bits per heavy atom. The quantitative estimate of drug-likeness (QED) is 0.213. The molecule has 0 aromatic heterocycles. The van der Waals surface area contributed by atoms with Crippen molar-refractivity contribution in [3.63, 3.8) is 0 Å². The molecule has 0 aliphatic rings. The highest BCUT2D eigenvalue weighted by atomic mass is 32.2. The van der Waals surface area contributed by atoms with Crippen molar-refractivity contribution in [2.75, 3.05) is 6.26 Å². The fraction of sp³-hybridized carbons (Fsp3) is 0.135. The van der Waals surface area contributed by atoms with Crippen molar-refractivity contribution in [1.82, 2.24) is 0 Å². The van der Waals surface area contributed by atoms with Crippen LogP contribution in [0.5, 0.6) is 0 Å². The van der Waals surface area contributed by atoms with Gasteiger partial charge in [-0.1, -0.05) is 91.0 Å². The number of hydrogen-bond acceptors (Lipinski definition) is 1. The topological polar surface area (TPSA) is 0 Å². The van der Waals surface area contributed by atoms with Gasteiger partial charge >= 0.3 is 0 Å². The molecule has 0 heterocycles. The van der Waals surface area contributed by atoms with Gasteiger partial charge < -0.3 is 0 Å². The molecule has 38 heavy (non-hydrogen) atoms. The molecule has 6 rings (SSSR count). The van der Waals surface area contributed by atoms with Gasteiger partial charge in [-0.25, -0.2) is 0 Å². The minimum absolute atomic E-state index is 1.28. The molecule has 0 fully saturated rings. The molecule has 0 aliphatic heterocycles. The molecule has 186 valence electrons. The minimum Gasteiger partial charge on any atom is -0.129 e. The second-order valence-corrected chi connectivity index (χ2v) is 11.1. The monoisotopic (exact) mass is 508 g/mol. The SMILES string of the molecule is CSc1ccc(-c2c(C)ccc(-c3c(C)ccc4ccccc34)c2C)c(C)c1-c1ccc2ccccc2c1. The highest BCUT2D eigenvalue weighted by molar-refractivity contribution is 7.98. The predicted molar refractivity (Wildman–Crippen MR) is 168 cm³/mol. The molecule has 0 amide bonds. The number of rotatable bonds is 4. The van der Waals surface area contributed by atoms with E-state index in [2.05, 4.69) is 137 Å². The van der Waals surface area contributed by atoms with Crippen LogP contribution >= 0.6 is 11.8 Å². The Morgan fingerprint density at radius 2 is 1.05 bits per heavy atom. The normalized spacial score (nSPS) is 11.4. The zero-order valence-electron chi connectivity index (χ0n) is 22.7. The van der Waals surface area contributed by atoms with Gasteiger partial charge in [0.05, 0.1) is 0 Å².